The summed E-state index contributed by atoms with van der Waals surface area (Å²) in [7, 11) is 2.17. The van der Waals surface area contributed by atoms with Crippen LogP contribution in [0.5, 0.6) is 0 Å². The summed E-state index contributed by atoms with van der Waals surface area (Å²) in [4.78, 5) is 2.33. The number of fused-ring (bicyclic) bond motifs is 1. The van der Waals surface area contributed by atoms with Gasteiger partial charge in [0.2, 0.25) is 0 Å². The van der Waals surface area contributed by atoms with Crippen LogP contribution in [0, 0.1) is 13.8 Å². The molecule has 0 fully saturated rings. The van der Waals surface area contributed by atoms with Gasteiger partial charge in [0, 0.05) is 32.4 Å². The molecular formula is C18H22N2. The summed E-state index contributed by atoms with van der Waals surface area (Å²) in [6.07, 6.45) is 0. The first-order valence-electron chi connectivity index (χ1n) is 7.23. The Bertz CT molecular complexity index is 631. The van der Waals surface area contributed by atoms with Crippen LogP contribution in [-0.2, 0) is 19.6 Å². The lowest BCUT2D eigenvalue weighted by Crippen LogP contribution is -2.17. The Labute approximate surface area is 121 Å². The van der Waals surface area contributed by atoms with Crippen LogP contribution in [0.2, 0.25) is 0 Å². The van der Waals surface area contributed by atoms with Crippen molar-refractivity contribution in [3.8, 4) is 0 Å². The lowest BCUT2D eigenvalue weighted by atomic mass is 10.1. The van der Waals surface area contributed by atoms with Gasteiger partial charge in [0.25, 0.3) is 0 Å². The summed E-state index contributed by atoms with van der Waals surface area (Å²) in [6.45, 7) is 7.31. The number of aryl methyl sites for hydroxylation is 2. The van der Waals surface area contributed by atoms with Crippen LogP contribution >= 0.6 is 0 Å². The van der Waals surface area contributed by atoms with E-state index in [-0.39, 0.29) is 0 Å². The molecule has 0 aliphatic carbocycles. The zero-order chi connectivity index (χ0) is 14.1. The summed E-state index contributed by atoms with van der Waals surface area (Å²) in [5.74, 6) is 0. The minimum Gasteiger partial charge on any atom is -0.370 e. The number of rotatable bonds is 3. The zero-order valence-electron chi connectivity index (χ0n) is 12.5. The van der Waals surface area contributed by atoms with Gasteiger partial charge in [-0.3, -0.25) is 0 Å². The third-order valence-electron chi connectivity index (χ3n) is 4.08. The minimum absolute atomic E-state index is 0.956. The first-order chi connectivity index (χ1) is 9.63. The molecule has 3 rings (SSSR count). The molecule has 0 atom stereocenters. The molecule has 2 heteroatoms. The van der Waals surface area contributed by atoms with E-state index in [9.17, 15) is 0 Å². The molecule has 0 saturated carbocycles. The average Bonchev–Trinajstić information content (AvgIpc) is 2.85. The highest BCUT2D eigenvalue weighted by Crippen LogP contribution is 2.23. The van der Waals surface area contributed by atoms with Crippen LogP contribution in [0.15, 0.2) is 36.4 Å². The number of hydrogen-bond donors (Lipinski definition) is 1. The highest BCUT2D eigenvalue weighted by atomic mass is 15.1. The van der Waals surface area contributed by atoms with E-state index in [2.05, 4.69) is 67.5 Å². The first kappa shape index (κ1) is 13.2. The average molecular weight is 266 g/mol. The third kappa shape index (κ3) is 2.56. The van der Waals surface area contributed by atoms with E-state index in [1.165, 1.54) is 33.5 Å². The van der Waals surface area contributed by atoms with Gasteiger partial charge in [0.15, 0.2) is 0 Å². The molecule has 0 spiro atoms. The molecule has 2 aromatic rings. The Morgan fingerprint density at radius 1 is 1.00 bits per heavy atom. The van der Waals surface area contributed by atoms with E-state index in [0.717, 1.165) is 19.6 Å². The second-order valence-electron chi connectivity index (χ2n) is 5.85. The molecular weight excluding hydrogens is 244 g/mol. The fraction of sp³-hybridized carbons (Fsp3) is 0.333. The van der Waals surface area contributed by atoms with E-state index in [1.54, 1.807) is 0 Å². The Kier molecular flexibility index (Phi) is 3.49. The van der Waals surface area contributed by atoms with Crippen LogP contribution in [0.25, 0.3) is 0 Å². The predicted molar refractivity (Wildman–Crippen MR) is 85.0 cm³/mol. The topological polar surface area (TPSA) is 15.3 Å². The smallest absolute Gasteiger partial charge is 0.0426 e. The van der Waals surface area contributed by atoms with Crippen LogP contribution in [0.1, 0.15) is 27.8 Å². The summed E-state index contributed by atoms with van der Waals surface area (Å²) < 4.78 is 0. The van der Waals surface area contributed by atoms with Crippen molar-refractivity contribution in [1.29, 1.82) is 0 Å². The highest BCUT2D eigenvalue weighted by Gasteiger charge is 2.11. The number of anilines is 1. The van der Waals surface area contributed by atoms with E-state index in [4.69, 9.17) is 0 Å². The van der Waals surface area contributed by atoms with Gasteiger partial charge in [0.1, 0.15) is 0 Å². The second-order valence-corrected chi connectivity index (χ2v) is 5.85. The van der Waals surface area contributed by atoms with Gasteiger partial charge < -0.3 is 10.2 Å². The maximum atomic E-state index is 3.40. The van der Waals surface area contributed by atoms with Crippen LogP contribution in [-0.4, -0.2) is 7.05 Å². The van der Waals surface area contributed by atoms with Gasteiger partial charge in [-0.25, -0.2) is 0 Å². The summed E-state index contributed by atoms with van der Waals surface area (Å²) >= 11 is 0. The van der Waals surface area contributed by atoms with Crippen molar-refractivity contribution < 1.29 is 0 Å². The van der Waals surface area contributed by atoms with Crippen molar-refractivity contribution in [2.24, 2.45) is 0 Å². The molecule has 0 saturated heterocycles. The monoisotopic (exact) mass is 266 g/mol. The number of nitrogens with one attached hydrogen (secondary N) is 1. The van der Waals surface area contributed by atoms with Gasteiger partial charge in [-0.2, -0.15) is 0 Å². The molecule has 1 aliphatic rings. The molecule has 1 heterocycles. The summed E-state index contributed by atoms with van der Waals surface area (Å²) in [5.41, 5.74) is 8.27. The molecule has 0 unspecified atom stereocenters. The van der Waals surface area contributed by atoms with E-state index < -0.39 is 0 Å². The molecule has 1 aliphatic heterocycles. The molecule has 20 heavy (non-hydrogen) atoms. The van der Waals surface area contributed by atoms with Crippen molar-refractivity contribution in [1.82, 2.24) is 5.32 Å². The molecule has 1 N–H and O–H groups in total. The SMILES string of the molecule is Cc1ccc(N(C)Cc2ccc3c(c2)CNC3)c(C)c1. The van der Waals surface area contributed by atoms with Crippen LogP contribution < -0.4 is 10.2 Å². The lowest BCUT2D eigenvalue weighted by molar-refractivity contribution is 0.764. The van der Waals surface area contributed by atoms with Crippen molar-refractivity contribution in [3.05, 3.63) is 64.2 Å². The summed E-state index contributed by atoms with van der Waals surface area (Å²) in [6, 6.07) is 13.5. The van der Waals surface area contributed by atoms with E-state index in [0.29, 0.717) is 0 Å². The Morgan fingerprint density at radius 2 is 1.80 bits per heavy atom. The lowest BCUT2D eigenvalue weighted by Gasteiger charge is -2.22. The van der Waals surface area contributed by atoms with Gasteiger partial charge in [-0.15, -0.1) is 0 Å². The highest BCUT2D eigenvalue weighted by molar-refractivity contribution is 5.54. The maximum absolute atomic E-state index is 3.40. The van der Waals surface area contributed by atoms with Gasteiger partial charge in [-0.1, -0.05) is 35.9 Å². The molecule has 2 aromatic carbocycles. The third-order valence-corrected chi connectivity index (χ3v) is 4.08. The second kappa shape index (κ2) is 5.29. The number of nitrogens with zero attached hydrogens (tertiary/aromatic N) is 1. The van der Waals surface area contributed by atoms with Crippen molar-refractivity contribution in [2.75, 3.05) is 11.9 Å². The van der Waals surface area contributed by atoms with E-state index >= 15 is 0 Å². The number of benzene rings is 2. The Balaban J connectivity index is 1.80. The first-order valence-corrected chi connectivity index (χ1v) is 7.23. The fourth-order valence-corrected chi connectivity index (χ4v) is 3.04. The minimum atomic E-state index is 0.956. The molecule has 0 radical (unpaired) electrons. The molecule has 0 aromatic heterocycles. The van der Waals surface area contributed by atoms with Gasteiger partial charge in [0.05, 0.1) is 0 Å². The molecule has 2 nitrogen and oxygen atoms in total. The maximum Gasteiger partial charge on any atom is 0.0426 e. The van der Waals surface area contributed by atoms with Crippen LogP contribution in [0.4, 0.5) is 5.69 Å². The van der Waals surface area contributed by atoms with Crippen molar-refractivity contribution in [2.45, 2.75) is 33.5 Å². The summed E-state index contributed by atoms with van der Waals surface area (Å²) in [5, 5.41) is 3.40. The van der Waals surface area contributed by atoms with Crippen molar-refractivity contribution in [3.63, 3.8) is 0 Å². The van der Waals surface area contributed by atoms with Gasteiger partial charge >= 0.3 is 0 Å². The predicted octanol–water partition coefficient (Wildman–Crippen LogP) is 3.54. The van der Waals surface area contributed by atoms with E-state index in [1.807, 2.05) is 0 Å². The quantitative estimate of drug-likeness (QED) is 0.914. The standard InChI is InChI=1S/C18H22N2/c1-13-4-7-18(14(2)8-13)20(3)12-15-5-6-16-10-19-11-17(16)9-15/h4-9,19H,10-12H2,1-3H3. The number of hydrogen-bond acceptors (Lipinski definition) is 2. The fourth-order valence-electron chi connectivity index (χ4n) is 3.04. The molecule has 104 valence electrons. The largest absolute Gasteiger partial charge is 0.370 e. The molecule has 0 amide bonds. The Hall–Kier alpha value is -1.80. The van der Waals surface area contributed by atoms with Crippen LogP contribution in [0.3, 0.4) is 0 Å². The van der Waals surface area contributed by atoms with Crippen molar-refractivity contribution >= 4 is 5.69 Å². The zero-order valence-corrected chi connectivity index (χ0v) is 12.5. The molecule has 0 bridgehead atoms. The van der Waals surface area contributed by atoms with Gasteiger partial charge in [-0.05, 0) is 42.2 Å². The normalized spacial score (nSPS) is 13.3. The Morgan fingerprint density at radius 3 is 2.60 bits per heavy atom.